The van der Waals surface area contributed by atoms with Crippen molar-refractivity contribution >= 4 is 11.7 Å². The minimum Gasteiger partial charge on any atom is -0.469 e. The molecule has 0 bridgehead atoms. The van der Waals surface area contributed by atoms with E-state index in [0.717, 1.165) is 43.6 Å². The summed E-state index contributed by atoms with van der Waals surface area (Å²) >= 11 is 0. The Morgan fingerprint density at radius 1 is 1.42 bits per heavy atom. The van der Waals surface area contributed by atoms with Crippen LogP contribution in [0, 0.1) is 0 Å². The molecular formula is C15H21NO3. The predicted molar refractivity (Wildman–Crippen MR) is 74.3 cm³/mol. The third-order valence-corrected chi connectivity index (χ3v) is 3.66. The molecule has 1 unspecified atom stereocenters. The van der Waals surface area contributed by atoms with Gasteiger partial charge >= 0.3 is 5.97 Å². The standard InChI is InChI=1S/C15H21NO3/c1-19-15(18)13-8-10-16(9-4-5-11-17)14-7-3-2-6-12(13)14/h2-3,6-7,13,17H,4-5,8-11H2,1H3. The zero-order chi connectivity index (χ0) is 13.7. The number of carbonyl (C=O) groups excluding carboxylic acids is 1. The number of aliphatic hydroxyl groups is 1. The van der Waals surface area contributed by atoms with E-state index in [9.17, 15) is 4.79 Å². The Bertz CT molecular complexity index is 433. The lowest BCUT2D eigenvalue weighted by Gasteiger charge is -2.34. The topological polar surface area (TPSA) is 49.8 Å². The zero-order valence-electron chi connectivity index (χ0n) is 11.3. The molecule has 19 heavy (non-hydrogen) atoms. The van der Waals surface area contributed by atoms with Crippen LogP contribution in [0.15, 0.2) is 24.3 Å². The fourth-order valence-electron chi connectivity index (χ4n) is 2.66. The molecule has 0 amide bonds. The van der Waals surface area contributed by atoms with Gasteiger partial charge in [-0.15, -0.1) is 0 Å². The lowest BCUT2D eigenvalue weighted by atomic mass is 9.90. The van der Waals surface area contributed by atoms with Crippen LogP contribution in [0.1, 0.15) is 30.7 Å². The fourth-order valence-corrected chi connectivity index (χ4v) is 2.66. The molecule has 1 aromatic rings. The Labute approximate surface area is 114 Å². The molecule has 0 saturated heterocycles. The Kier molecular flexibility index (Phi) is 4.80. The highest BCUT2D eigenvalue weighted by Crippen LogP contribution is 2.35. The van der Waals surface area contributed by atoms with Crippen LogP contribution in [0.5, 0.6) is 0 Å². The van der Waals surface area contributed by atoms with Gasteiger partial charge in [-0.3, -0.25) is 4.79 Å². The first-order valence-corrected chi connectivity index (χ1v) is 6.80. The van der Waals surface area contributed by atoms with Gasteiger partial charge < -0.3 is 14.7 Å². The molecule has 2 rings (SSSR count). The van der Waals surface area contributed by atoms with Crippen LogP contribution in [0.4, 0.5) is 5.69 Å². The minimum atomic E-state index is -0.151. The molecule has 0 aliphatic carbocycles. The van der Waals surface area contributed by atoms with E-state index < -0.39 is 0 Å². The van der Waals surface area contributed by atoms with Crippen molar-refractivity contribution in [3.8, 4) is 0 Å². The van der Waals surface area contributed by atoms with Gasteiger partial charge in [-0.25, -0.2) is 0 Å². The van der Waals surface area contributed by atoms with Crippen LogP contribution in [0.3, 0.4) is 0 Å². The van der Waals surface area contributed by atoms with Gasteiger partial charge in [0, 0.05) is 25.4 Å². The maximum absolute atomic E-state index is 11.8. The number of nitrogens with zero attached hydrogens (tertiary/aromatic N) is 1. The molecule has 0 aromatic heterocycles. The van der Waals surface area contributed by atoms with Crippen molar-refractivity contribution in [2.45, 2.75) is 25.2 Å². The van der Waals surface area contributed by atoms with Crippen LogP contribution in [-0.2, 0) is 9.53 Å². The molecule has 1 heterocycles. The van der Waals surface area contributed by atoms with Crippen LogP contribution in [-0.4, -0.2) is 37.9 Å². The van der Waals surface area contributed by atoms with E-state index in [1.807, 2.05) is 18.2 Å². The second-order valence-electron chi connectivity index (χ2n) is 4.84. The lowest BCUT2D eigenvalue weighted by Crippen LogP contribution is -2.34. The second-order valence-corrected chi connectivity index (χ2v) is 4.84. The zero-order valence-corrected chi connectivity index (χ0v) is 11.3. The van der Waals surface area contributed by atoms with E-state index in [4.69, 9.17) is 9.84 Å². The first kappa shape index (κ1) is 13.9. The number of aliphatic hydroxyl groups excluding tert-OH is 1. The van der Waals surface area contributed by atoms with Gasteiger partial charge in [-0.1, -0.05) is 18.2 Å². The largest absolute Gasteiger partial charge is 0.469 e. The van der Waals surface area contributed by atoms with Gasteiger partial charge in [-0.2, -0.15) is 0 Å². The summed E-state index contributed by atoms with van der Waals surface area (Å²) in [4.78, 5) is 14.1. The van der Waals surface area contributed by atoms with E-state index in [0.29, 0.717) is 0 Å². The summed E-state index contributed by atoms with van der Waals surface area (Å²) < 4.78 is 4.89. The number of carbonyl (C=O) groups is 1. The van der Waals surface area contributed by atoms with E-state index in [-0.39, 0.29) is 18.5 Å². The maximum atomic E-state index is 11.8. The van der Waals surface area contributed by atoms with Gasteiger partial charge in [0.15, 0.2) is 0 Å². The number of fused-ring (bicyclic) bond motifs is 1. The fraction of sp³-hybridized carbons (Fsp3) is 0.533. The number of esters is 1. The maximum Gasteiger partial charge on any atom is 0.313 e. The number of unbranched alkanes of at least 4 members (excludes halogenated alkanes) is 1. The monoisotopic (exact) mass is 263 g/mol. The molecule has 1 aliphatic rings. The molecule has 104 valence electrons. The first-order valence-electron chi connectivity index (χ1n) is 6.80. The number of methoxy groups -OCH3 is 1. The Morgan fingerprint density at radius 3 is 2.95 bits per heavy atom. The number of rotatable bonds is 5. The average Bonchev–Trinajstić information content (AvgIpc) is 2.47. The Balaban J connectivity index is 2.17. The van der Waals surface area contributed by atoms with Crippen LogP contribution in [0.25, 0.3) is 0 Å². The van der Waals surface area contributed by atoms with E-state index in [1.165, 1.54) is 7.11 Å². The number of anilines is 1. The molecule has 1 aromatic carbocycles. The molecular weight excluding hydrogens is 242 g/mol. The molecule has 1 aliphatic heterocycles. The van der Waals surface area contributed by atoms with Crippen LogP contribution in [0.2, 0.25) is 0 Å². The molecule has 4 heteroatoms. The normalized spacial score (nSPS) is 18.0. The van der Waals surface area contributed by atoms with Crippen molar-refractivity contribution in [2.75, 3.05) is 31.7 Å². The summed E-state index contributed by atoms with van der Waals surface area (Å²) in [5.74, 6) is -0.294. The smallest absolute Gasteiger partial charge is 0.313 e. The van der Waals surface area contributed by atoms with Crippen molar-refractivity contribution in [1.82, 2.24) is 0 Å². The first-order chi connectivity index (χ1) is 9.27. The van der Waals surface area contributed by atoms with Crippen molar-refractivity contribution in [2.24, 2.45) is 0 Å². The van der Waals surface area contributed by atoms with Crippen LogP contribution < -0.4 is 4.90 Å². The average molecular weight is 263 g/mol. The summed E-state index contributed by atoms with van der Waals surface area (Å²) in [6, 6.07) is 8.03. The van der Waals surface area contributed by atoms with Gasteiger partial charge in [0.05, 0.1) is 13.0 Å². The SMILES string of the molecule is COC(=O)C1CCN(CCCCO)c2ccccc21. The number of ether oxygens (including phenoxy) is 1. The summed E-state index contributed by atoms with van der Waals surface area (Å²) in [5, 5.41) is 8.86. The van der Waals surface area contributed by atoms with E-state index in [1.54, 1.807) is 0 Å². The van der Waals surface area contributed by atoms with E-state index in [2.05, 4.69) is 11.0 Å². The quantitative estimate of drug-likeness (QED) is 0.651. The third-order valence-electron chi connectivity index (χ3n) is 3.66. The van der Waals surface area contributed by atoms with Crippen molar-refractivity contribution < 1.29 is 14.6 Å². The highest BCUT2D eigenvalue weighted by Gasteiger charge is 2.30. The highest BCUT2D eigenvalue weighted by atomic mass is 16.5. The van der Waals surface area contributed by atoms with Gasteiger partial charge in [0.25, 0.3) is 0 Å². The van der Waals surface area contributed by atoms with Gasteiger partial charge in [-0.05, 0) is 30.9 Å². The van der Waals surface area contributed by atoms with Gasteiger partial charge in [0.2, 0.25) is 0 Å². The predicted octanol–water partition coefficient (Wildman–Crippen LogP) is 1.93. The summed E-state index contributed by atoms with van der Waals surface area (Å²) in [6.07, 6.45) is 2.58. The summed E-state index contributed by atoms with van der Waals surface area (Å²) in [5.41, 5.74) is 2.19. The van der Waals surface area contributed by atoms with Crippen molar-refractivity contribution in [1.29, 1.82) is 0 Å². The Hall–Kier alpha value is -1.55. The number of para-hydroxylation sites is 1. The number of benzene rings is 1. The lowest BCUT2D eigenvalue weighted by molar-refractivity contribution is -0.142. The second kappa shape index (κ2) is 6.57. The molecule has 0 saturated carbocycles. The molecule has 0 radical (unpaired) electrons. The molecule has 1 N–H and O–H groups in total. The van der Waals surface area contributed by atoms with Crippen LogP contribution >= 0.6 is 0 Å². The molecule has 0 spiro atoms. The molecule has 0 fully saturated rings. The van der Waals surface area contributed by atoms with Crippen molar-refractivity contribution in [3.05, 3.63) is 29.8 Å². The summed E-state index contributed by atoms with van der Waals surface area (Å²) in [7, 11) is 1.44. The highest BCUT2D eigenvalue weighted by molar-refractivity contribution is 5.81. The van der Waals surface area contributed by atoms with Gasteiger partial charge in [0.1, 0.15) is 0 Å². The Morgan fingerprint density at radius 2 is 2.21 bits per heavy atom. The number of hydrogen-bond donors (Lipinski definition) is 1. The van der Waals surface area contributed by atoms with E-state index >= 15 is 0 Å². The number of hydrogen-bond acceptors (Lipinski definition) is 4. The summed E-state index contributed by atoms with van der Waals surface area (Å²) in [6.45, 7) is 2.02. The van der Waals surface area contributed by atoms with Crippen molar-refractivity contribution in [3.63, 3.8) is 0 Å². The third kappa shape index (κ3) is 3.07. The minimum absolute atomic E-state index is 0.143. The molecule has 1 atom stereocenters. The molecule has 4 nitrogen and oxygen atoms in total.